The van der Waals surface area contributed by atoms with Gasteiger partial charge in [-0.2, -0.15) is 0 Å². The van der Waals surface area contributed by atoms with Crippen molar-refractivity contribution in [3.8, 4) is 0 Å². The number of quaternary nitrogens is 1. The van der Waals surface area contributed by atoms with Crippen LogP contribution in [-0.2, 0) is 27.4 Å². The quantitative estimate of drug-likeness (QED) is 0.573. The van der Waals surface area contributed by atoms with Crippen molar-refractivity contribution in [3.63, 3.8) is 0 Å². The second-order valence-corrected chi connectivity index (χ2v) is 7.05. The molecule has 0 spiro atoms. The van der Waals surface area contributed by atoms with Crippen LogP contribution in [0, 0.1) is 0 Å². The highest BCUT2D eigenvalue weighted by Gasteiger charge is 2.16. The number of hydrogen-bond donors (Lipinski definition) is 3. The van der Waals surface area contributed by atoms with E-state index in [0.29, 0.717) is 6.54 Å². The number of rotatable bonds is 8. The Morgan fingerprint density at radius 3 is 2.38 bits per heavy atom. The van der Waals surface area contributed by atoms with Crippen molar-refractivity contribution in [1.82, 2.24) is 10.6 Å². The number of hydrogen-bond acceptors (Lipinski definition) is 3. The molecule has 0 atom stereocenters. The first-order chi connectivity index (χ1) is 14.2. The van der Waals surface area contributed by atoms with E-state index in [2.05, 4.69) is 16.7 Å². The first kappa shape index (κ1) is 20.8. The molecule has 0 aliphatic carbocycles. The van der Waals surface area contributed by atoms with Crippen molar-refractivity contribution in [2.75, 3.05) is 32.8 Å². The van der Waals surface area contributed by atoms with Crippen molar-refractivity contribution in [2.24, 2.45) is 0 Å². The van der Waals surface area contributed by atoms with Gasteiger partial charge in [-0.3, -0.25) is 9.59 Å². The van der Waals surface area contributed by atoms with Gasteiger partial charge in [0.25, 0.3) is 0 Å². The Bertz CT molecular complexity index is 830. The summed E-state index contributed by atoms with van der Waals surface area (Å²) >= 11 is 0. The van der Waals surface area contributed by atoms with Gasteiger partial charge in [0.15, 0.2) is 0 Å². The van der Waals surface area contributed by atoms with E-state index in [1.165, 1.54) is 16.5 Å². The maximum absolute atomic E-state index is 12.1. The van der Waals surface area contributed by atoms with E-state index in [1.54, 1.807) is 6.08 Å². The third-order valence-corrected chi connectivity index (χ3v) is 4.88. The summed E-state index contributed by atoms with van der Waals surface area (Å²) in [7, 11) is 0. The van der Waals surface area contributed by atoms with Crippen LogP contribution in [-0.4, -0.2) is 44.7 Å². The van der Waals surface area contributed by atoms with E-state index < -0.39 is 0 Å². The average Bonchev–Trinajstić information content (AvgIpc) is 2.77. The van der Waals surface area contributed by atoms with Crippen molar-refractivity contribution >= 4 is 17.9 Å². The SMILES string of the molecule is O=C(/C=C/c1ccccc1)NCC(=O)NCc1ccccc1C[NH+]1CCOCC1. The minimum Gasteiger partial charge on any atom is -0.370 e. The number of amides is 2. The van der Waals surface area contributed by atoms with E-state index in [1.807, 2.05) is 48.5 Å². The molecule has 152 valence electrons. The second-order valence-electron chi connectivity index (χ2n) is 7.05. The van der Waals surface area contributed by atoms with Crippen molar-refractivity contribution in [1.29, 1.82) is 0 Å². The van der Waals surface area contributed by atoms with Crippen LogP contribution in [0.5, 0.6) is 0 Å². The van der Waals surface area contributed by atoms with Crippen LogP contribution in [0.3, 0.4) is 0 Å². The molecular formula is C23H28N3O3+. The summed E-state index contributed by atoms with van der Waals surface area (Å²) in [5.41, 5.74) is 3.28. The fourth-order valence-corrected chi connectivity index (χ4v) is 3.23. The van der Waals surface area contributed by atoms with Gasteiger partial charge in [0.2, 0.25) is 11.8 Å². The van der Waals surface area contributed by atoms with Gasteiger partial charge in [-0.1, -0.05) is 54.6 Å². The van der Waals surface area contributed by atoms with Crippen LogP contribution in [0.2, 0.25) is 0 Å². The summed E-state index contributed by atoms with van der Waals surface area (Å²) < 4.78 is 5.42. The molecule has 3 rings (SSSR count). The molecule has 3 N–H and O–H groups in total. The van der Waals surface area contributed by atoms with Gasteiger partial charge >= 0.3 is 0 Å². The summed E-state index contributed by atoms with van der Waals surface area (Å²) in [5, 5.41) is 5.51. The zero-order valence-corrected chi connectivity index (χ0v) is 16.5. The van der Waals surface area contributed by atoms with Gasteiger partial charge < -0.3 is 20.3 Å². The van der Waals surface area contributed by atoms with Crippen LogP contribution in [0.25, 0.3) is 6.08 Å². The Balaban J connectivity index is 1.43. The molecule has 6 heteroatoms. The Labute approximate surface area is 171 Å². The van der Waals surface area contributed by atoms with Crippen LogP contribution in [0.1, 0.15) is 16.7 Å². The van der Waals surface area contributed by atoms with Crippen LogP contribution >= 0.6 is 0 Å². The van der Waals surface area contributed by atoms with Crippen LogP contribution in [0.4, 0.5) is 0 Å². The normalized spacial score (nSPS) is 14.6. The smallest absolute Gasteiger partial charge is 0.244 e. The average molecular weight is 394 g/mol. The topological polar surface area (TPSA) is 71.9 Å². The predicted molar refractivity (Wildman–Crippen MR) is 112 cm³/mol. The molecule has 0 aromatic heterocycles. The first-order valence-corrected chi connectivity index (χ1v) is 9.96. The minimum atomic E-state index is -0.291. The van der Waals surface area contributed by atoms with Gasteiger partial charge in [-0.15, -0.1) is 0 Å². The van der Waals surface area contributed by atoms with Gasteiger partial charge in [0.05, 0.1) is 19.8 Å². The summed E-state index contributed by atoms with van der Waals surface area (Å²) in [6.45, 7) is 4.94. The Kier molecular flexibility index (Phi) is 7.98. The number of morpholine rings is 1. The molecule has 2 amide bonds. The molecular weight excluding hydrogens is 366 g/mol. The maximum atomic E-state index is 12.1. The standard InChI is InChI=1S/C23H27N3O3/c27-22(11-10-19-6-2-1-3-7-19)25-17-23(28)24-16-20-8-4-5-9-21(20)18-26-12-14-29-15-13-26/h1-11H,12-18H2,(H,24,28)(H,25,27)/p+1/b11-10+. The van der Waals surface area contributed by atoms with E-state index in [-0.39, 0.29) is 18.4 Å². The molecule has 0 bridgehead atoms. The molecule has 1 aliphatic rings. The monoisotopic (exact) mass is 394 g/mol. The van der Waals surface area contributed by atoms with E-state index in [0.717, 1.165) is 44.0 Å². The molecule has 0 unspecified atom stereocenters. The van der Waals surface area contributed by atoms with Gasteiger partial charge in [-0.05, 0) is 17.2 Å². The maximum Gasteiger partial charge on any atom is 0.244 e. The molecule has 0 saturated carbocycles. The summed E-state index contributed by atoms with van der Waals surface area (Å²) in [5.74, 6) is -0.500. The summed E-state index contributed by atoms with van der Waals surface area (Å²) in [6.07, 6.45) is 3.15. The summed E-state index contributed by atoms with van der Waals surface area (Å²) in [6, 6.07) is 17.7. The molecule has 2 aromatic carbocycles. The molecule has 29 heavy (non-hydrogen) atoms. The fourth-order valence-electron chi connectivity index (χ4n) is 3.23. The molecule has 1 saturated heterocycles. The Hall–Kier alpha value is -2.96. The van der Waals surface area contributed by atoms with E-state index in [4.69, 9.17) is 4.74 Å². The first-order valence-electron chi connectivity index (χ1n) is 9.96. The van der Waals surface area contributed by atoms with Gasteiger partial charge in [0, 0.05) is 18.2 Å². The lowest BCUT2D eigenvalue weighted by atomic mass is 10.1. The zero-order valence-electron chi connectivity index (χ0n) is 16.5. The molecule has 6 nitrogen and oxygen atoms in total. The molecule has 2 aromatic rings. The van der Waals surface area contributed by atoms with Crippen molar-refractivity contribution < 1.29 is 19.2 Å². The third kappa shape index (κ3) is 7.18. The molecule has 1 heterocycles. The number of nitrogens with one attached hydrogen (secondary N) is 3. The number of benzene rings is 2. The Morgan fingerprint density at radius 2 is 1.62 bits per heavy atom. The zero-order chi connectivity index (χ0) is 20.3. The third-order valence-electron chi connectivity index (χ3n) is 4.88. The van der Waals surface area contributed by atoms with Crippen molar-refractivity contribution in [3.05, 3.63) is 77.4 Å². The lowest BCUT2D eigenvalue weighted by molar-refractivity contribution is -0.921. The minimum absolute atomic E-state index is 0.0468. The highest BCUT2D eigenvalue weighted by atomic mass is 16.5. The largest absolute Gasteiger partial charge is 0.370 e. The lowest BCUT2D eigenvalue weighted by Gasteiger charge is -2.24. The highest BCUT2D eigenvalue weighted by molar-refractivity contribution is 5.94. The highest BCUT2D eigenvalue weighted by Crippen LogP contribution is 2.07. The van der Waals surface area contributed by atoms with E-state index >= 15 is 0 Å². The predicted octanol–water partition coefficient (Wildman–Crippen LogP) is 0.548. The van der Waals surface area contributed by atoms with Gasteiger partial charge in [0.1, 0.15) is 19.6 Å². The van der Waals surface area contributed by atoms with Crippen LogP contribution in [0.15, 0.2) is 60.7 Å². The Morgan fingerprint density at radius 1 is 0.931 bits per heavy atom. The summed E-state index contributed by atoms with van der Waals surface area (Å²) in [4.78, 5) is 25.5. The number of carbonyl (C=O) groups is 2. The van der Waals surface area contributed by atoms with Crippen LogP contribution < -0.4 is 15.5 Å². The molecule has 0 radical (unpaired) electrons. The van der Waals surface area contributed by atoms with Crippen molar-refractivity contribution in [2.45, 2.75) is 13.1 Å². The molecule has 1 aliphatic heterocycles. The second kappa shape index (κ2) is 11.1. The fraction of sp³-hybridized carbons (Fsp3) is 0.304. The molecule has 1 fully saturated rings. The number of ether oxygens (including phenoxy) is 1. The van der Waals surface area contributed by atoms with E-state index in [9.17, 15) is 9.59 Å². The number of carbonyl (C=O) groups excluding carboxylic acids is 2. The van der Waals surface area contributed by atoms with Gasteiger partial charge in [-0.25, -0.2) is 0 Å². The lowest BCUT2D eigenvalue weighted by Crippen LogP contribution is -3.12.